The van der Waals surface area contributed by atoms with Crippen LogP contribution in [0.15, 0.2) is 30.6 Å². The van der Waals surface area contributed by atoms with Crippen LogP contribution in [-0.4, -0.2) is 50.7 Å². The molecule has 1 fully saturated rings. The molecule has 1 saturated heterocycles. The normalized spacial score (nSPS) is 18.7. The second kappa shape index (κ2) is 8.31. The van der Waals surface area contributed by atoms with Crippen LogP contribution in [0.1, 0.15) is 57.5 Å². The van der Waals surface area contributed by atoms with E-state index in [0.29, 0.717) is 6.04 Å². The zero-order valence-electron chi connectivity index (χ0n) is 16.7. The lowest BCUT2D eigenvalue weighted by Crippen LogP contribution is -2.40. The molecule has 0 amide bonds. The second-order valence-corrected chi connectivity index (χ2v) is 8.44. The third-order valence-electron chi connectivity index (χ3n) is 5.35. The van der Waals surface area contributed by atoms with Crippen molar-refractivity contribution in [3.8, 4) is 0 Å². The van der Waals surface area contributed by atoms with Gasteiger partial charge < -0.3 is 0 Å². The Morgan fingerprint density at radius 3 is 2.81 bits per heavy atom. The first kappa shape index (κ1) is 19.1. The monoisotopic (exact) mass is 355 g/mol. The Morgan fingerprint density at radius 2 is 2.12 bits per heavy atom. The van der Waals surface area contributed by atoms with Gasteiger partial charge in [-0.25, -0.2) is 0 Å². The molecular weight excluding hydrogens is 322 g/mol. The molecule has 1 aliphatic heterocycles. The van der Waals surface area contributed by atoms with Gasteiger partial charge in [0.1, 0.15) is 0 Å². The van der Waals surface area contributed by atoms with Crippen LogP contribution in [0.4, 0.5) is 0 Å². The maximum Gasteiger partial charge on any atom is 0.0544 e. The van der Waals surface area contributed by atoms with E-state index in [1.807, 2.05) is 18.5 Å². The van der Waals surface area contributed by atoms with Gasteiger partial charge in [-0.05, 0) is 38.1 Å². The molecule has 26 heavy (non-hydrogen) atoms. The van der Waals surface area contributed by atoms with Crippen molar-refractivity contribution in [1.82, 2.24) is 25.0 Å². The quantitative estimate of drug-likeness (QED) is 0.824. The number of pyridine rings is 1. The summed E-state index contributed by atoms with van der Waals surface area (Å²) in [5, 5.41) is 7.56. The Labute approximate surface area is 157 Å². The van der Waals surface area contributed by atoms with Crippen LogP contribution in [0, 0.1) is 0 Å². The molecule has 0 radical (unpaired) electrons. The maximum absolute atomic E-state index is 4.55. The van der Waals surface area contributed by atoms with Crippen LogP contribution in [0.25, 0.3) is 0 Å². The van der Waals surface area contributed by atoms with Gasteiger partial charge in [0.25, 0.3) is 0 Å². The van der Waals surface area contributed by atoms with Gasteiger partial charge in [-0.2, -0.15) is 5.10 Å². The lowest BCUT2D eigenvalue weighted by atomic mass is 9.89. The zero-order valence-corrected chi connectivity index (χ0v) is 16.7. The molecule has 1 N–H and O–H groups in total. The molecule has 2 aromatic rings. The molecular formula is C21H33N5. The molecule has 5 nitrogen and oxygen atoms in total. The number of aromatic amines is 1. The van der Waals surface area contributed by atoms with Gasteiger partial charge in [-0.1, -0.05) is 33.8 Å². The first-order valence-electron chi connectivity index (χ1n) is 9.86. The predicted molar refractivity (Wildman–Crippen MR) is 106 cm³/mol. The molecule has 1 atom stereocenters. The molecule has 0 saturated carbocycles. The molecule has 5 heteroatoms. The molecule has 3 heterocycles. The summed E-state index contributed by atoms with van der Waals surface area (Å²) < 4.78 is 0. The van der Waals surface area contributed by atoms with Gasteiger partial charge in [0.2, 0.25) is 0 Å². The number of likely N-dealkylation sites (tertiary alicyclic amines) is 1. The Morgan fingerprint density at radius 1 is 1.27 bits per heavy atom. The third-order valence-corrected chi connectivity index (χ3v) is 5.35. The summed E-state index contributed by atoms with van der Waals surface area (Å²) in [6.07, 6.45) is 6.50. The smallest absolute Gasteiger partial charge is 0.0544 e. The first-order valence-corrected chi connectivity index (χ1v) is 9.86. The summed E-state index contributed by atoms with van der Waals surface area (Å²) in [7, 11) is 0. The van der Waals surface area contributed by atoms with Crippen molar-refractivity contribution >= 4 is 0 Å². The molecule has 3 rings (SSSR count). The van der Waals surface area contributed by atoms with Crippen molar-refractivity contribution in [2.45, 2.75) is 65.1 Å². The van der Waals surface area contributed by atoms with Crippen molar-refractivity contribution in [3.05, 3.63) is 47.5 Å². The molecule has 2 aromatic heterocycles. The third kappa shape index (κ3) is 4.71. The summed E-state index contributed by atoms with van der Waals surface area (Å²) in [6.45, 7) is 14.2. The number of H-pyrrole nitrogens is 1. The van der Waals surface area contributed by atoms with Crippen LogP contribution >= 0.6 is 0 Å². The average molecular weight is 356 g/mol. The topological polar surface area (TPSA) is 48.1 Å². The van der Waals surface area contributed by atoms with E-state index in [9.17, 15) is 0 Å². The summed E-state index contributed by atoms with van der Waals surface area (Å²) >= 11 is 0. The molecule has 0 aliphatic carbocycles. The van der Waals surface area contributed by atoms with E-state index in [1.54, 1.807) is 0 Å². The average Bonchev–Trinajstić information content (AvgIpc) is 3.24. The predicted octanol–water partition coefficient (Wildman–Crippen LogP) is 3.59. The Bertz CT molecular complexity index is 673. The van der Waals surface area contributed by atoms with Crippen LogP contribution in [0.5, 0.6) is 0 Å². The van der Waals surface area contributed by atoms with E-state index in [0.717, 1.165) is 31.9 Å². The fourth-order valence-corrected chi connectivity index (χ4v) is 4.04. The van der Waals surface area contributed by atoms with Crippen molar-refractivity contribution in [2.24, 2.45) is 0 Å². The summed E-state index contributed by atoms with van der Waals surface area (Å²) in [4.78, 5) is 9.71. The van der Waals surface area contributed by atoms with Crippen molar-refractivity contribution in [3.63, 3.8) is 0 Å². The number of likely N-dealkylation sites (N-methyl/N-ethyl adjacent to an activating group) is 1. The highest BCUT2D eigenvalue weighted by atomic mass is 15.2. The molecule has 1 aliphatic rings. The summed E-state index contributed by atoms with van der Waals surface area (Å²) in [6, 6.07) is 6.83. The molecule has 0 aromatic carbocycles. The minimum Gasteiger partial charge on any atom is -0.299 e. The highest BCUT2D eigenvalue weighted by molar-refractivity contribution is 5.23. The van der Waals surface area contributed by atoms with Crippen molar-refractivity contribution in [2.75, 3.05) is 19.6 Å². The Balaban J connectivity index is 1.77. The van der Waals surface area contributed by atoms with Gasteiger partial charge in [0.15, 0.2) is 0 Å². The number of hydrogen-bond donors (Lipinski definition) is 1. The van der Waals surface area contributed by atoms with Crippen molar-refractivity contribution in [1.29, 1.82) is 0 Å². The van der Waals surface area contributed by atoms with E-state index >= 15 is 0 Å². The van der Waals surface area contributed by atoms with Gasteiger partial charge in [0, 0.05) is 48.5 Å². The largest absolute Gasteiger partial charge is 0.299 e. The van der Waals surface area contributed by atoms with Crippen LogP contribution in [-0.2, 0) is 18.5 Å². The van der Waals surface area contributed by atoms with Crippen LogP contribution in [0.3, 0.4) is 0 Å². The second-order valence-electron chi connectivity index (χ2n) is 8.44. The van der Waals surface area contributed by atoms with Crippen LogP contribution in [0.2, 0.25) is 0 Å². The Kier molecular flexibility index (Phi) is 6.09. The Hall–Kier alpha value is -1.72. The molecule has 1 unspecified atom stereocenters. The maximum atomic E-state index is 4.55. The first-order chi connectivity index (χ1) is 12.5. The highest BCUT2D eigenvalue weighted by Gasteiger charge is 2.27. The number of aromatic nitrogens is 3. The standard InChI is InChI=1S/C21H33N5/c1-5-26-12-8-10-19(26)16-25(15-18-9-6-7-11-22-18)14-17-13-23-24-20(17)21(2,3)4/h6-7,9,11,13,19H,5,8,10,12,14-16H2,1-4H3,(H,23,24). The summed E-state index contributed by atoms with van der Waals surface area (Å²) in [5.41, 5.74) is 3.75. The van der Waals surface area contributed by atoms with Gasteiger partial charge in [-0.3, -0.25) is 19.9 Å². The van der Waals surface area contributed by atoms with Crippen LogP contribution < -0.4 is 0 Å². The molecule has 0 spiro atoms. The zero-order chi connectivity index (χ0) is 18.6. The van der Waals surface area contributed by atoms with Gasteiger partial charge in [0.05, 0.1) is 11.9 Å². The van der Waals surface area contributed by atoms with E-state index in [1.165, 1.54) is 30.6 Å². The number of nitrogens with one attached hydrogen (secondary N) is 1. The SMILES string of the molecule is CCN1CCCC1CN(Cc1ccccn1)Cc1cn[nH]c1C(C)(C)C. The van der Waals surface area contributed by atoms with Crippen molar-refractivity contribution < 1.29 is 0 Å². The lowest BCUT2D eigenvalue weighted by Gasteiger charge is -2.30. The number of hydrogen-bond acceptors (Lipinski definition) is 4. The molecule has 142 valence electrons. The van der Waals surface area contributed by atoms with E-state index in [4.69, 9.17) is 0 Å². The fourth-order valence-electron chi connectivity index (χ4n) is 4.04. The molecule has 0 bridgehead atoms. The minimum absolute atomic E-state index is 0.0747. The van der Waals surface area contributed by atoms with Gasteiger partial charge >= 0.3 is 0 Å². The highest BCUT2D eigenvalue weighted by Crippen LogP contribution is 2.26. The number of rotatable bonds is 7. The minimum atomic E-state index is 0.0747. The fraction of sp³-hybridized carbons (Fsp3) is 0.619. The summed E-state index contributed by atoms with van der Waals surface area (Å²) in [5.74, 6) is 0. The van der Waals surface area contributed by atoms with E-state index in [-0.39, 0.29) is 5.41 Å². The van der Waals surface area contributed by atoms with Gasteiger partial charge in [-0.15, -0.1) is 0 Å². The van der Waals surface area contributed by atoms with E-state index < -0.39 is 0 Å². The lowest BCUT2D eigenvalue weighted by molar-refractivity contribution is 0.164. The van der Waals surface area contributed by atoms with E-state index in [2.05, 4.69) is 64.8 Å². The number of nitrogens with zero attached hydrogens (tertiary/aromatic N) is 4.